The minimum atomic E-state index is -0.0654. The monoisotopic (exact) mass is 326 g/mol. The number of anilines is 1. The van der Waals surface area contributed by atoms with Gasteiger partial charge >= 0.3 is 0 Å². The van der Waals surface area contributed by atoms with Crippen molar-refractivity contribution in [1.82, 2.24) is 10.3 Å². The molecule has 1 amide bonds. The third-order valence-electron chi connectivity index (χ3n) is 4.04. The molecule has 2 aromatic heterocycles. The van der Waals surface area contributed by atoms with Crippen LogP contribution in [0.5, 0.6) is 0 Å². The van der Waals surface area contributed by atoms with Crippen molar-refractivity contribution in [2.45, 2.75) is 32.2 Å². The molecule has 0 fully saturated rings. The molecule has 0 saturated carbocycles. The van der Waals surface area contributed by atoms with Gasteiger partial charge in [-0.3, -0.25) is 9.78 Å². The Morgan fingerprint density at radius 3 is 3.22 bits per heavy atom. The Bertz CT molecular complexity index is 748. The highest BCUT2D eigenvalue weighted by Gasteiger charge is 2.22. The third-order valence-corrected chi connectivity index (χ3v) is 5.19. The van der Waals surface area contributed by atoms with E-state index in [-0.39, 0.29) is 11.8 Å². The van der Waals surface area contributed by atoms with Crippen LogP contribution in [0.15, 0.2) is 24.5 Å². The van der Waals surface area contributed by atoms with E-state index < -0.39 is 0 Å². The van der Waals surface area contributed by atoms with E-state index in [9.17, 15) is 10.1 Å². The van der Waals surface area contributed by atoms with Gasteiger partial charge in [0.1, 0.15) is 11.1 Å². The van der Waals surface area contributed by atoms with Crippen LogP contribution in [0.4, 0.5) is 5.00 Å². The summed E-state index contributed by atoms with van der Waals surface area (Å²) >= 11 is 1.51. The van der Waals surface area contributed by atoms with Gasteiger partial charge in [0.2, 0.25) is 5.91 Å². The van der Waals surface area contributed by atoms with Crippen LogP contribution in [0.2, 0.25) is 0 Å². The van der Waals surface area contributed by atoms with Crippen LogP contribution >= 0.6 is 11.3 Å². The van der Waals surface area contributed by atoms with Crippen molar-refractivity contribution in [3.63, 3.8) is 0 Å². The maximum Gasteiger partial charge on any atom is 0.225 e. The summed E-state index contributed by atoms with van der Waals surface area (Å²) in [6, 6.07) is 6.10. The Labute approximate surface area is 139 Å². The van der Waals surface area contributed by atoms with E-state index in [0.29, 0.717) is 17.0 Å². The maximum absolute atomic E-state index is 12.3. The van der Waals surface area contributed by atoms with Crippen LogP contribution in [-0.4, -0.2) is 17.4 Å². The summed E-state index contributed by atoms with van der Waals surface area (Å²) in [6.07, 6.45) is 4.72. The second-order valence-corrected chi connectivity index (χ2v) is 6.79. The minimum absolute atomic E-state index is 0.0654. The molecule has 2 N–H and O–H groups in total. The van der Waals surface area contributed by atoms with Crippen molar-refractivity contribution < 1.29 is 4.79 Å². The number of pyridine rings is 1. The molecule has 3 heterocycles. The Hall–Kier alpha value is -2.23. The summed E-state index contributed by atoms with van der Waals surface area (Å²) in [6.45, 7) is 3.66. The average molecular weight is 326 g/mol. The first kappa shape index (κ1) is 15.7. The molecule has 1 aliphatic heterocycles. The number of aromatic nitrogens is 1. The summed E-state index contributed by atoms with van der Waals surface area (Å²) in [7, 11) is 0. The van der Waals surface area contributed by atoms with Crippen LogP contribution in [0.1, 0.15) is 40.8 Å². The first-order valence-electron chi connectivity index (χ1n) is 7.64. The van der Waals surface area contributed by atoms with E-state index in [0.717, 1.165) is 35.5 Å². The SMILES string of the molecule is CC(CC(=O)Nc1sc2c(c1C#N)CCNC2)c1cccnc1. The van der Waals surface area contributed by atoms with Crippen molar-refractivity contribution in [2.24, 2.45) is 0 Å². The number of amides is 1. The summed E-state index contributed by atoms with van der Waals surface area (Å²) in [5.41, 5.74) is 2.76. The van der Waals surface area contributed by atoms with Gasteiger partial charge in [-0.15, -0.1) is 11.3 Å². The molecule has 1 atom stereocenters. The molecule has 23 heavy (non-hydrogen) atoms. The molecule has 0 spiro atoms. The molecule has 118 valence electrons. The third kappa shape index (κ3) is 3.41. The number of nitrogens with zero attached hydrogens (tertiary/aromatic N) is 2. The second-order valence-electron chi connectivity index (χ2n) is 5.69. The smallest absolute Gasteiger partial charge is 0.225 e. The molecule has 3 rings (SSSR count). The van der Waals surface area contributed by atoms with E-state index in [2.05, 4.69) is 21.7 Å². The minimum Gasteiger partial charge on any atom is -0.317 e. The number of hydrogen-bond acceptors (Lipinski definition) is 5. The van der Waals surface area contributed by atoms with E-state index in [1.165, 1.54) is 11.3 Å². The van der Waals surface area contributed by atoms with Crippen LogP contribution in [0.25, 0.3) is 0 Å². The van der Waals surface area contributed by atoms with Gasteiger partial charge in [0, 0.05) is 30.2 Å². The van der Waals surface area contributed by atoms with Gasteiger partial charge in [0.05, 0.1) is 5.56 Å². The van der Waals surface area contributed by atoms with Crippen LogP contribution < -0.4 is 10.6 Å². The number of nitrogens with one attached hydrogen (secondary N) is 2. The molecule has 1 unspecified atom stereocenters. The number of thiophene rings is 1. The lowest BCUT2D eigenvalue weighted by molar-refractivity contribution is -0.116. The Balaban J connectivity index is 1.71. The van der Waals surface area contributed by atoms with E-state index in [1.54, 1.807) is 12.4 Å². The lowest BCUT2D eigenvalue weighted by Gasteiger charge is -2.12. The van der Waals surface area contributed by atoms with Gasteiger partial charge in [-0.1, -0.05) is 13.0 Å². The van der Waals surface area contributed by atoms with Crippen molar-refractivity contribution in [2.75, 3.05) is 11.9 Å². The molecule has 0 aliphatic carbocycles. The molecule has 0 radical (unpaired) electrons. The molecule has 1 aliphatic rings. The number of carbonyl (C=O) groups excluding carboxylic acids is 1. The zero-order valence-electron chi connectivity index (χ0n) is 12.9. The normalized spacial score (nSPS) is 14.6. The summed E-state index contributed by atoms with van der Waals surface area (Å²) < 4.78 is 0. The fourth-order valence-corrected chi connectivity index (χ4v) is 3.97. The zero-order valence-corrected chi connectivity index (χ0v) is 13.7. The van der Waals surface area contributed by atoms with Crippen molar-refractivity contribution in [3.8, 4) is 6.07 Å². The number of fused-ring (bicyclic) bond motifs is 1. The highest BCUT2D eigenvalue weighted by atomic mass is 32.1. The van der Waals surface area contributed by atoms with Crippen molar-refractivity contribution in [1.29, 1.82) is 5.26 Å². The predicted molar refractivity (Wildman–Crippen MR) is 90.3 cm³/mol. The standard InChI is InChI=1S/C17H18N4OS/c1-11(12-3-2-5-19-9-12)7-16(22)21-17-14(8-18)13-4-6-20-10-15(13)23-17/h2-3,5,9,11,20H,4,6-7,10H2,1H3,(H,21,22). The largest absolute Gasteiger partial charge is 0.317 e. The predicted octanol–water partition coefficient (Wildman–Crippen LogP) is 2.79. The van der Waals surface area contributed by atoms with Crippen LogP contribution in [0, 0.1) is 11.3 Å². The summed E-state index contributed by atoms with van der Waals surface area (Å²) in [4.78, 5) is 17.6. The van der Waals surface area contributed by atoms with E-state index >= 15 is 0 Å². The van der Waals surface area contributed by atoms with Gasteiger partial charge in [-0.25, -0.2) is 0 Å². The van der Waals surface area contributed by atoms with Gasteiger partial charge in [-0.05, 0) is 36.1 Å². The molecule has 2 aromatic rings. The van der Waals surface area contributed by atoms with Crippen molar-refractivity contribution in [3.05, 3.63) is 46.1 Å². The number of hydrogen-bond donors (Lipinski definition) is 2. The lowest BCUT2D eigenvalue weighted by atomic mass is 9.99. The van der Waals surface area contributed by atoms with E-state index in [1.807, 2.05) is 19.1 Å². The van der Waals surface area contributed by atoms with Gasteiger partial charge < -0.3 is 10.6 Å². The van der Waals surface area contributed by atoms with Gasteiger partial charge in [0.15, 0.2) is 0 Å². The number of nitriles is 1. The number of rotatable bonds is 4. The molecule has 6 heteroatoms. The fourth-order valence-electron chi connectivity index (χ4n) is 2.78. The topological polar surface area (TPSA) is 77.8 Å². The average Bonchev–Trinajstić information content (AvgIpc) is 2.92. The molecule has 5 nitrogen and oxygen atoms in total. The summed E-state index contributed by atoms with van der Waals surface area (Å²) in [5, 5.41) is 16.3. The second kappa shape index (κ2) is 6.90. The van der Waals surface area contributed by atoms with Gasteiger partial charge in [0.25, 0.3) is 0 Å². The molecule has 0 saturated heterocycles. The maximum atomic E-state index is 12.3. The Morgan fingerprint density at radius 1 is 1.61 bits per heavy atom. The molecular formula is C17H18N4OS. The van der Waals surface area contributed by atoms with Crippen molar-refractivity contribution >= 4 is 22.2 Å². The first-order chi connectivity index (χ1) is 11.2. The number of carbonyl (C=O) groups is 1. The first-order valence-corrected chi connectivity index (χ1v) is 8.45. The van der Waals surface area contributed by atoms with Crippen LogP contribution in [0.3, 0.4) is 0 Å². The highest BCUT2D eigenvalue weighted by Crippen LogP contribution is 2.35. The Morgan fingerprint density at radius 2 is 2.48 bits per heavy atom. The zero-order chi connectivity index (χ0) is 16.2. The highest BCUT2D eigenvalue weighted by molar-refractivity contribution is 7.16. The molecule has 0 bridgehead atoms. The quantitative estimate of drug-likeness (QED) is 0.905. The van der Waals surface area contributed by atoms with Gasteiger partial charge in [-0.2, -0.15) is 5.26 Å². The molecular weight excluding hydrogens is 308 g/mol. The van der Waals surface area contributed by atoms with Crippen LogP contribution in [-0.2, 0) is 17.8 Å². The Kier molecular flexibility index (Phi) is 4.70. The summed E-state index contributed by atoms with van der Waals surface area (Å²) in [5.74, 6) is 0.0231. The molecule has 0 aromatic carbocycles. The van der Waals surface area contributed by atoms with E-state index in [4.69, 9.17) is 0 Å². The lowest BCUT2D eigenvalue weighted by Crippen LogP contribution is -2.22. The fraction of sp³-hybridized carbons (Fsp3) is 0.353.